The van der Waals surface area contributed by atoms with Gasteiger partial charge in [0.25, 0.3) is 5.91 Å². The van der Waals surface area contributed by atoms with Crippen molar-refractivity contribution in [3.63, 3.8) is 0 Å². The summed E-state index contributed by atoms with van der Waals surface area (Å²) in [6.45, 7) is 1.11. The average Bonchev–Trinajstić information content (AvgIpc) is 2.66. The van der Waals surface area contributed by atoms with Crippen LogP contribution in [0, 0.1) is 5.92 Å². The summed E-state index contributed by atoms with van der Waals surface area (Å²) in [6, 6.07) is 13.3. The molecule has 1 aliphatic rings. The third-order valence-corrected chi connectivity index (χ3v) is 4.77. The first-order valence-corrected chi connectivity index (χ1v) is 8.80. The zero-order chi connectivity index (χ0) is 18.5. The molecule has 1 aliphatic heterocycles. The van der Waals surface area contributed by atoms with Crippen molar-refractivity contribution < 1.29 is 14.4 Å². The topological polar surface area (TPSA) is 78.5 Å². The largest absolute Gasteiger partial charge is 0.354 e. The Hall–Kier alpha value is -2.89. The zero-order valence-electron chi connectivity index (χ0n) is 14.8. The summed E-state index contributed by atoms with van der Waals surface area (Å²) in [4.78, 5) is 37.6. The van der Waals surface area contributed by atoms with Crippen LogP contribution < -0.4 is 10.6 Å². The molecule has 26 heavy (non-hydrogen) atoms. The van der Waals surface area contributed by atoms with E-state index in [4.69, 9.17) is 0 Å². The lowest BCUT2D eigenvalue weighted by molar-refractivity contribution is -0.133. The molecule has 0 saturated carbocycles. The summed E-state index contributed by atoms with van der Waals surface area (Å²) >= 11 is 0. The molecule has 0 radical (unpaired) electrons. The summed E-state index contributed by atoms with van der Waals surface area (Å²) in [5.41, 5.74) is 0.525. The van der Waals surface area contributed by atoms with E-state index in [2.05, 4.69) is 10.6 Å². The van der Waals surface area contributed by atoms with E-state index in [0.29, 0.717) is 18.5 Å². The van der Waals surface area contributed by atoms with Crippen LogP contribution in [0.25, 0.3) is 10.8 Å². The Bertz CT molecular complexity index is 834. The molecule has 6 nitrogen and oxygen atoms in total. The Labute approximate surface area is 152 Å². The first-order valence-electron chi connectivity index (χ1n) is 8.80. The number of likely N-dealkylation sites (tertiary alicyclic amines) is 1. The Morgan fingerprint density at radius 1 is 1.12 bits per heavy atom. The van der Waals surface area contributed by atoms with Crippen LogP contribution in [-0.4, -0.2) is 49.3 Å². The fourth-order valence-electron chi connectivity index (χ4n) is 3.09. The second kappa shape index (κ2) is 7.99. The van der Waals surface area contributed by atoms with E-state index in [-0.39, 0.29) is 30.2 Å². The molecular weight excluding hydrogens is 330 g/mol. The first-order chi connectivity index (χ1) is 12.5. The van der Waals surface area contributed by atoms with Gasteiger partial charge in [0, 0.05) is 32.1 Å². The molecule has 1 saturated heterocycles. The van der Waals surface area contributed by atoms with Gasteiger partial charge in [-0.3, -0.25) is 14.4 Å². The van der Waals surface area contributed by atoms with E-state index >= 15 is 0 Å². The standard InChI is InChI=1S/C20H23N3O3/c1-23-9-8-14(10-19(23)25)12-21-18(24)13-22-20(26)17-7-6-15-4-2-3-5-16(15)11-17/h2-7,11,14H,8-10,12-13H2,1H3,(H,21,24)(H,22,26). The van der Waals surface area contributed by atoms with Crippen LogP contribution in [0.4, 0.5) is 0 Å². The van der Waals surface area contributed by atoms with Gasteiger partial charge in [0.15, 0.2) is 0 Å². The van der Waals surface area contributed by atoms with Crippen molar-refractivity contribution in [2.45, 2.75) is 12.8 Å². The lowest BCUT2D eigenvalue weighted by Crippen LogP contribution is -2.42. The lowest BCUT2D eigenvalue weighted by Gasteiger charge is -2.28. The number of hydrogen-bond donors (Lipinski definition) is 2. The Kier molecular flexibility index (Phi) is 5.51. The molecule has 136 valence electrons. The highest BCUT2D eigenvalue weighted by molar-refractivity contribution is 6.00. The Balaban J connectivity index is 1.46. The van der Waals surface area contributed by atoms with E-state index in [1.165, 1.54) is 0 Å². The predicted octanol–water partition coefficient (Wildman–Crippen LogP) is 1.55. The summed E-state index contributed by atoms with van der Waals surface area (Å²) in [5.74, 6) is -0.246. The van der Waals surface area contributed by atoms with Crippen molar-refractivity contribution >= 4 is 28.5 Å². The van der Waals surface area contributed by atoms with Crippen molar-refractivity contribution in [3.05, 3.63) is 48.0 Å². The number of carbonyl (C=O) groups excluding carboxylic acids is 3. The number of fused-ring (bicyclic) bond motifs is 1. The fraction of sp³-hybridized carbons (Fsp3) is 0.350. The third-order valence-electron chi connectivity index (χ3n) is 4.77. The smallest absolute Gasteiger partial charge is 0.251 e. The molecule has 1 fully saturated rings. The SMILES string of the molecule is CN1CCC(CNC(=O)CNC(=O)c2ccc3ccccc3c2)CC1=O. The van der Waals surface area contributed by atoms with Gasteiger partial charge in [-0.25, -0.2) is 0 Å². The van der Waals surface area contributed by atoms with E-state index < -0.39 is 0 Å². The van der Waals surface area contributed by atoms with Gasteiger partial charge >= 0.3 is 0 Å². The van der Waals surface area contributed by atoms with Gasteiger partial charge in [-0.05, 0) is 35.2 Å². The molecule has 2 aromatic rings. The fourth-order valence-corrected chi connectivity index (χ4v) is 3.09. The first kappa shape index (κ1) is 17.9. The van der Waals surface area contributed by atoms with Crippen molar-refractivity contribution in [2.24, 2.45) is 5.92 Å². The quantitative estimate of drug-likeness (QED) is 0.856. The Morgan fingerprint density at radius 3 is 2.65 bits per heavy atom. The van der Waals surface area contributed by atoms with Gasteiger partial charge in [0.1, 0.15) is 0 Å². The maximum atomic E-state index is 12.2. The molecule has 2 aromatic carbocycles. The monoisotopic (exact) mass is 353 g/mol. The minimum atomic E-state index is -0.277. The number of benzene rings is 2. The molecule has 1 atom stereocenters. The number of piperidine rings is 1. The van der Waals surface area contributed by atoms with E-state index in [1.54, 1.807) is 18.0 Å². The van der Waals surface area contributed by atoms with Gasteiger partial charge in [0.05, 0.1) is 6.54 Å². The molecule has 0 bridgehead atoms. The minimum absolute atomic E-state index is 0.0772. The maximum absolute atomic E-state index is 12.2. The summed E-state index contributed by atoms with van der Waals surface area (Å²) in [7, 11) is 1.79. The lowest BCUT2D eigenvalue weighted by atomic mass is 9.96. The van der Waals surface area contributed by atoms with E-state index in [1.807, 2.05) is 36.4 Å². The molecule has 0 aromatic heterocycles. The molecule has 1 unspecified atom stereocenters. The summed E-state index contributed by atoms with van der Waals surface area (Å²) in [6.07, 6.45) is 1.34. The van der Waals surface area contributed by atoms with Gasteiger partial charge in [-0.1, -0.05) is 30.3 Å². The molecular formula is C20H23N3O3. The van der Waals surface area contributed by atoms with Crippen LogP contribution in [0.3, 0.4) is 0 Å². The Morgan fingerprint density at radius 2 is 1.88 bits per heavy atom. The van der Waals surface area contributed by atoms with E-state index in [0.717, 1.165) is 23.7 Å². The molecule has 6 heteroatoms. The molecule has 0 aliphatic carbocycles. The van der Waals surface area contributed by atoms with Crippen molar-refractivity contribution in [3.8, 4) is 0 Å². The number of hydrogen-bond acceptors (Lipinski definition) is 3. The number of rotatable bonds is 5. The molecule has 3 rings (SSSR count). The highest BCUT2D eigenvalue weighted by Crippen LogP contribution is 2.16. The zero-order valence-corrected chi connectivity index (χ0v) is 14.8. The van der Waals surface area contributed by atoms with Gasteiger partial charge < -0.3 is 15.5 Å². The number of carbonyl (C=O) groups is 3. The van der Waals surface area contributed by atoms with Crippen molar-refractivity contribution in [1.82, 2.24) is 15.5 Å². The number of amides is 3. The van der Waals surface area contributed by atoms with Crippen LogP contribution in [0.5, 0.6) is 0 Å². The second-order valence-electron chi connectivity index (χ2n) is 6.72. The average molecular weight is 353 g/mol. The number of nitrogens with one attached hydrogen (secondary N) is 2. The third kappa shape index (κ3) is 4.39. The van der Waals surface area contributed by atoms with Gasteiger partial charge in [-0.15, -0.1) is 0 Å². The predicted molar refractivity (Wildman–Crippen MR) is 99.7 cm³/mol. The number of nitrogens with zero attached hydrogens (tertiary/aromatic N) is 1. The van der Waals surface area contributed by atoms with Crippen molar-refractivity contribution in [1.29, 1.82) is 0 Å². The molecule has 3 amide bonds. The summed E-state index contributed by atoms with van der Waals surface area (Å²) in [5, 5.41) is 7.49. The maximum Gasteiger partial charge on any atom is 0.251 e. The van der Waals surface area contributed by atoms with Crippen molar-refractivity contribution in [2.75, 3.05) is 26.7 Å². The van der Waals surface area contributed by atoms with Crippen LogP contribution in [0.2, 0.25) is 0 Å². The van der Waals surface area contributed by atoms with Gasteiger partial charge in [0.2, 0.25) is 11.8 Å². The normalized spacial score (nSPS) is 17.2. The molecule has 2 N–H and O–H groups in total. The van der Waals surface area contributed by atoms with Crippen LogP contribution in [-0.2, 0) is 9.59 Å². The second-order valence-corrected chi connectivity index (χ2v) is 6.72. The summed E-state index contributed by atoms with van der Waals surface area (Å²) < 4.78 is 0. The highest BCUT2D eigenvalue weighted by atomic mass is 16.2. The van der Waals surface area contributed by atoms with E-state index in [9.17, 15) is 14.4 Å². The highest BCUT2D eigenvalue weighted by Gasteiger charge is 2.23. The van der Waals surface area contributed by atoms with Crippen LogP contribution >= 0.6 is 0 Å². The minimum Gasteiger partial charge on any atom is -0.354 e. The van der Waals surface area contributed by atoms with Crippen LogP contribution in [0.1, 0.15) is 23.2 Å². The van der Waals surface area contributed by atoms with Crippen LogP contribution in [0.15, 0.2) is 42.5 Å². The molecule has 0 spiro atoms. The van der Waals surface area contributed by atoms with Gasteiger partial charge in [-0.2, -0.15) is 0 Å². The molecule has 1 heterocycles.